The van der Waals surface area contributed by atoms with Gasteiger partial charge in [0.15, 0.2) is 0 Å². The van der Waals surface area contributed by atoms with Crippen molar-refractivity contribution >= 4 is 22.7 Å². The fraction of sp³-hybridized carbons (Fsp3) is 0.464. The third-order valence-electron chi connectivity index (χ3n) is 5.47. The summed E-state index contributed by atoms with van der Waals surface area (Å²) in [6.07, 6.45) is 7.96. The maximum atomic E-state index is 14.0. The van der Waals surface area contributed by atoms with Crippen LogP contribution in [0.3, 0.4) is 0 Å². The summed E-state index contributed by atoms with van der Waals surface area (Å²) in [6, 6.07) is 6.84. The molecule has 0 atom stereocenters. The van der Waals surface area contributed by atoms with Gasteiger partial charge in [0.25, 0.3) is 0 Å². The summed E-state index contributed by atoms with van der Waals surface area (Å²) in [7, 11) is 0. The highest BCUT2D eigenvalue weighted by Gasteiger charge is 2.18. The maximum absolute atomic E-state index is 14.0. The van der Waals surface area contributed by atoms with E-state index < -0.39 is 5.67 Å². The van der Waals surface area contributed by atoms with Crippen LogP contribution in [0.15, 0.2) is 60.8 Å². The highest BCUT2D eigenvalue weighted by atomic mass is 19.1. The maximum Gasteiger partial charge on any atom is 0.143 e. The van der Waals surface area contributed by atoms with Crippen LogP contribution < -0.4 is 10.6 Å². The van der Waals surface area contributed by atoms with Gasteiger partial charge in [-0.05, 0) is 75.4 Å². The van der Waals surface area contributed by atoms with Gasteiger partial charge < -0.3 is 10.6 Å². The van der Waals surface area contributed by atoms with Gasteiger partial charge in [0.2, 0.25) is 0 Å². The van der Waals surface area contributed by atoms with E-state index in [0.717, 1.165) is 59.3 Å². The molecule has 1 aromatic rings. The Morgan fingerprint density at radius 2 is 1.69 bits per heavy atom. The van der Waals surface area contributed by atoms with E-state index in [4.69, 9.17) is 0 Å². The van der Waals surface area contributed by atoms with E-state index in [1.165, 1.54) is 13.8 Å². The quantitative estimate of drug-likeness (QED) is 0.228. The van der Waals surface area contributed by atoms with Crippen LogP contribution in [0.5, 0.6) is 0 Å². The average molecular weight is 440 g/mol. The summed E-state index contributed by atoms with van der Waals surface area (Å²) in [5.41, 5.74) is 4.83. The van der Waals surface area contributed by atoms with Gasteiger partial charge in [0.1, 0.15) is 5.67 Å². The van der Waals surface area contributed by atoms with Crippen LogP contribution in [-0.2, 0) is 0 Å². The zero-order valence-electron chi connectivity index (χ0n) is 20.9. The molecule has 0 amide bonds. The van der Waals surface area contributed by atoms with Crippen molar-refractivity contribution in [3.63, 3.8) is 0 Å². The first-order valence-corrected chi connectivity index (χ1v) is 11.6. The predicted octanol–water partition coefficient (Wildman–Crippen LogP) is 7.94. The molecule has 0 aliphatic carbocycles. The molecule has 32 heavy (non-hydrogen) atoms. The monoisotopic (exact) mass is 439 g/mol. The summed E-state index contributed by atoms with van der Waals surface area (Å²) in [4.78, 5) is 4.25. The van der Waals surface area contributed by atoms with Crippen molar-refractivity contribution in [3.05, 3.63) is 66.9 Å². The molecule has 0 radical (unpaired) electrons. The molecule has 4 heteroatoms. The first kappa shape index (κ1) is 27.4. The first-order valence-electron chi connectivity index (χ1n) is 11.6. The SMILES string of the molecule is C=C/C(=C\N=C(C)C(C)(C)F)CNC(=C)c1cc(NC(CCC)CCC)cc(C(=C)C)c1. The van der Waals surface area contributed by atoms with Gasteiger partial charge in [0.05, 0.1) is 5.71 Å². The molecule has 1 aromatic carbocycles. The molecule has 0 unspecified atom stereocenters. The number of alkyl halides is 1. The minimum atomic E-state index is -1.44. The second-order valence-corrected chi connectivity index (χ2v) is 8.93. The number of halogens is 1. The Morgan fingerprint density at radius 1 is 1.09 bits per heavy atom. The molecule has 0 bridgehead atoms. The third-order valence-corrected chi connectivity index (χ3v) is 5.47. The summed E-state index contributed by atoms with van der Waals surface area (Å²) in [5, 5.41) is 7.06. The zero-order valence-corrected chi connectivity index (χ0v) is 20.9. The number of nitrogens with zero attached hydrogens (tertiary/aromatic N) is 1. The van der Waals surface area contributed by atoms with Gasteiger partial charge in [-0.25, -0.2) is 4.39 Å². The Morgan fingerprint density at radius 3 is 2.19 bits per heavy atom. The third kappa shape index (κ3) is 9.25. The molecule has 0 aliphatic rings. The molecule has 0 spiro atoms. The molecule has 2 N–H and O–H groups in total. The molecule has 0 fully saturated rings. The number of rotatable bonds is 14. The van der Waals surface area contributed by atoms with E-state index in [1.54, 1.807) is 19.2 Å². The van der Waals surface area contributed by atoms with Crippen LogP contribution in [0.25, 0.3) is 11.3 Å². The lowest BCUT2D eigenvalue weighted by molar-refractivity contribution is 0.312. The molecule has 176 valence electrons. The van der Waals surface area contributed by atoms with Gasteiger partial charge >= 0.3 is 0 Å². The van der Waals surface area contributed by atoms with E-state index in [2.05, 4.69) is 67.4 Å². The summed E-state index contributed by atoms with van der Waals surface area (Å²) in [5.74, 6) is 0. The Labute approximate surface area is 195 Å². The van der Waals surface area contributed by atoms with Crippen LogP contribution in [0.1, 0.15) is 78.4 Å². The van der Waals surface area contributed by atoms with Crippen molar-refractivity contribution in [3.8, 4) is 0 Å². The van der Waals surface area contributed by atoms with Crippen LogP contribution >= 0.6 is 0 Å². The van der Waals surface area contributed by atoms with Crippen molar-refractivity contribution in [2.75, 3.05) is 11.9 Å². The lowest BCUT2D eigenvalue weighted by Gasteiger charge is -2.21. The van der Waals surface area contributed by atoms with Gasteiger partial charge in [-0.15, -0.1) is 0 Å². The van der Waals surface area contributed by atoms with Gasteiger partial charge in [0, 0.05) is 30.2 Å². The van der Waals surface area contributed by atoms with Gasteiger partial charge in [-0.2, -0.15) is 0 Å². The fourth-order valence-electron chi connectivity index (χ4n) is 3.17. The number of hydrogen-bond donors (Lipinski definition) is 2. The average Bonchev–Trinajstić information content (AvgIpc) is 2.72. The molecule has 1 rings (SSSR count). The van der Waals surface area contributed by atoms with E-state index in [9.17, 15) is 4.39 Å². The Hall–Kier alpha value is -2.62. The topological polar surface area (TPSA) is 36.4 Å². The highest BCUT2D eigenvalue weighted by Crippen LogP contribution is 2.25. The van der Waals surface area contributed by atoms with Crippen LogP contribution in [0.2, 0.25) is 0 Å². The summed E-state index contributed by atoms with van der Waals surface area (Å²) < 4.78 is 14.0. The van der Waals surface area contributed by atoms with Gasteiger partial charge in [-0.3, -0.25) is 4.99 Å². The molecule has 0 aliphatic heterocycles. The lowest BCUT2D eigenvalue weighted by Crippen LogP contribution is -2.22. The highest BCUT2D eigenvalue weighted by molar-refractivity contribution is 5.90. The Balaban J connectivity index is 3.05. The van der Waals surface area contributed by atoms with Crippen LogP contribution in [0.4, 0.5) is 10.1 Å². The standard InChI is InChI=1S/C28H42FN3/c1-10-13-26(14-11-2)32-27-16-24(20(4)5)15-25(17-27)21(6)30-18-23(12-3)19-31-22(7)28(8,9)29/h12,15-17,19,26,30,32H,3-4,6,10-11,13-14,18H2,1-2,5,7-9H3/b23-19+,31-22?. The van der Waals surface area contributed by atoms with Gasteiger partial charge in [-0.1, -0.05) is 58.1 Å². The molecule has 0 saturated heterocycles. The number of aliphatic imine (C=N–C) groups is 1. The molecule has 0 saturated carbocycles. The second-order valence-electron chi connectivity index (χ2n) is 8.93. The van der Waals surface area contributed by atoms with E-state index in [1.807, 2.05) is 6.92 Å². The predicted molar refractivity (Wildman–Crippen MR) is 142 cm³/mol. The number of allylic oxidation sites excluding steroid dienone is 1. The lowest BCUT2D eigenvalue weighted by atomic mass is 10.0. The minimum Gasteiger partial charge on any atom is -0.382 e. The Bertz CT molecular complexity index is 850. The molecule has 0 aromatic heterocycles. The van der Waals surface area contributed by atoms with Crippen molar-refractivity contribution in [2.45, 2.75) is 78.9 Å². The van der Waals surface area contributed by atoms with Crippen molar-refractivity contribution in [1.29, 1.82) is 0 Å². The zero-order chi connectivity index (χ0) is 24.3. The van der Waals surface area contributed by atoms with Crippen LogP contribution in [0, 0.1) is 0 Å². The summed E-state index contributed by atoms with van der Waals surface area (Å²) in [6.45, 7) is 23.8. The first-order chi connectivity index (χ1) is 15.0. The van der Waals surface area contributed by atoms with Crippen LogP contribution in [-0.4, -0.2) is 24.0 Å². The van der Waals surface area contributed by atoms with E-state index >= 15 is 0 Å². The van der Waals surface area contributed by atoms with Crippen molar-refractivity contribution in [1.82, 2.24) is 5.32 Å². The molecule has 0 heterocycles. The normalized spacial score (nSPS) is 12.6. The second kappa shape index (κ2) is 13.0. The van der Waals surface area contributed by atoms with E-state index in [0.29, 0.717) is 18.3 Å². The van der Waals surface area contributed by atoms with Crippen molar-refractivity contribution in [2.24, 2.45) is 4.99 Å². The molecular weight excluding hydrogens is 397 g/mol. The smallest absolute Gasteiger partial charge is 0.143 e. The summed E-state index contributed by atoms with van der Waals surface area (Å²) >= 11 is 0. The fourth-order valence-corrected chi connectivity index (χ4v) is 3.17. The number of benzene rings is 1. The largest absolute Gasteiger partial charge is 0.382 e. The number of nitrogens with one attached hydrogen (secondary N) is 2. The molecule has 3 nitrogen and oxygen atoms in total. The molecular formula is C28H42FN3. The number of hydrogen-bond acceptors (Lipinski definition) is 3. The van der Waals surface area contributed by atoms with Crippen molar-refractivity contribution < 1.29 is 4.39 Å². The van der Waals surface area contributed by atoms with E-state index in [-0.39, 0.29) is 0 Å². The Kier molecular flexibility index (Phi) is 11.2. The minimum absolute atomic E-state index is 0.425. The number of anilines is 1.